The highest BCUT2D eigenvalue weighted by molar-refractivity contribution is 7.99. The van der Waals surface area contributed by atoms with E-state index in [1.54, 1.807) is 23.9 Å². The molecule has 1 rings (SSSR count). The third-order valence-corrected chi connectivity index (χ3v) is 3.47. The normalized spacial score (nSPS) is 9.63. The van der Waals surface area contributed by atoms with E-state index in [0.717, 1.165) is 36.3 Å². The Morgan fingerprint density at radius 3 is 2.21 bits per heavy atom. The Balaban J connectivity index is 0.00000154. The molecule has 0 saturated carbocycles. The van der Waals surface area contributed by atoms with E-state index in [1.807, 2.05) is 13.8 Å². The number of aliphatic hydroxyl groups excluding tert-OH is 1. The number of thioether (sulfide) groups is 1. The number of hydrogen-bond acceptors (Lipinski definition) is 4. The van der Waals surface area contributed by atoms with Gasteiger partial charge in [-0.1, -0.05) is 26.7 Å². The largest absolute Gasteiger partial charge is 0.396 e. The van der Waals surface area contributed by atoms with Gasteiger partial charge in [-0.2, -0.15) is 0 Å². The molecule has 0 aliphatic rings. The molecule has 0 amide bonds. The first kappa shape index (κ1) is 17.9. The summed E-state index contributed by atoms with van der Waals surface area (Å²) in [5, 5.41) is 19.1. The Hall–Kier alpha value is -1.07. The number of nitro benzene ring substituents is 1. The van der Waals surface area contributed by atoms with E-state index in [2.05, 4.69) is 0 Å². The van der Waals surface area contributed by atoms with Crippen molar-refractivity contribution in [3.63, 3.8) is 0 Å². The Bertz CT molecular complexity index is 341. The van der Waals surface area contributed by atoms with Gasteiger partial charge < -0.3 is 5.11 Å². The molecule has 0 aromatic heterocycles. The van der Waals surface area contributed by atoms with Crippen LogP contribution in [0.4, 0.5) is 5.69 Å². The van der Waals surface area contributed by atoms with E-state index < -0.39 is 0 Å². The summed E-state index contributed by atoms with van der Waals surface area (Å²) in [7, 11) is 0. The fraction of sp³-hybridized carbons (Fsp3) is 0.571. The second kappa shape index (κ2) is 12.0. The SMILES string of the molecule is CC.O=[N+]([O-])c1ccc(SCCCCCCO)cc1. The Labute approximate surface area is 119 Å². The van der Waals surface area contributed by atoms with E-state index in [-0.39, 0.29) is 17.2 Å². The summed E-state index contributed by atoms with van der Waals surface area (Å²) in [6, 6.07) is 6.65. The van der Waals surface area contributed by atoms with Crippen LogP contribution in [0.1, 0.15) is 39.5 Å². The Morgan fingerprint density at radius 1 is 1.11 bits per heavy atom. The number of rotatable bonds is 8. The molecule has 0 saturated heterocycles. The molecule has 1 aromatic carbocycles. The van der Waals surface area contributed by atoms with Gasteiger partial charge in [0.2, 0.25) is 0 Å². The second-order valence-corrected chi connectivity index (χ2v) is 4.91. The summed E-state index contributed by atoms with van der Waals surface area (Å²) in [5.74, 6) is 1.02. The summed E-state index contributed by atoms with van der Waals surface area (Å²) in [6.07, 6.45) is 4.18. The van der Waals surface area contributed by atoms with Gasteiger partial charge >= 0.3 is 0 Å². The van der Waals surface area contributed by atoms with Crippen molar-refractivity contribution in [2.45, 2.75) is 44.4 Å². The van der Waals surface area contributed by atoms with Crippen molar-refractivity contribution < 1.29 is 10.0 Å². The quantitative estimate of drug-likeness (QED) is 0.335. The first-order valence-corrected chi connectivity index (χ1v) is 7.70. The molecule has 0 unspecified atom stereocenters. The zero-order chi connectivity index (χ0) is 14.5. The number of benzene rings is 1. The topological polar surface area (TPSA) is 63.4 Å². The molecule has 0 atom stereocenters. The summed E-state index contributed by atoms with van der Waals surface area (Å²) in [4.78, 5) is 11.1. The summed E-state index contributed by atoms with van der Waals surface area (Å²) in [6.45, 7) is 4.27. The van der Waals surface area contributed by atoms with Crippen molar-refractivity contribution in [1.29, 1.82) is 0 Å². The van der Waals surface area contributed by atoms with Crippen molar-refractivity contribution in [3.8, 4) is 0 Å². The van der Waals surface area contributed by atoms with Gasteiger partial charge in [-0.3, -0.25) is 10.1 Å². The average molecular weight is 285 g/mol. The van der Waals surface area contributed by atoms with E-state index >= 15 is 0 Å². The standard InChI is InChI=1S/C12H17NO3S.C2H6/c14-9-3-1-2-4-10-17-12-7-5-11(6-8-12)13(15)16;1-2/h5-8,14H,1-4,9-10H2;1-2H3. The predicted octanol–water partition coefficient (Wildman–Crippen LogP) is 4.27. The van der Waals surface area contributed by atoms with Crippen LogP contribution < -0.4 is 0 Å². The number of nitrogens with zero attached hydrogens (tertiary/aromatic N) is 1. The predicted molar refractivity (Wildman–Crippen MR) is 80.7 cm³/mol. The molecule has 0 aliphatic heterocycles. The minimum absolute atomic E-state index is 0.136. The molecular formula is C14H23NO3S. The first-order chi connectivity index (χ1) is 9.24. The summed E-state index contributed by atoms with van der Waals surface area (Å²) >= 11 is 1.71. The van der Waals surface area contributed by atoms with E-state index in [9.17, 15) is 10.1 Å². The third kappa shape index (κ3) is 8.61. The molecule has 1 N–H and O–H groups in total. The van der Waals surface area contributed by atoms with E-state index in [4.69, 9.17) is 5.11 Å². The number of nitro groups is 1. The van der Waals surface area contributed by atoms with Gasteiger partial charge in [-0.25, -0.2) is 0 Å². The number of unbranched alkanes of at least 4 members (excludes halogenated alkanes) is 3. The molecule has 0 fully saturated rings. The maximum absolute atomic E-state index is 10.5. The number of non-ortho nitro benzene ring substituents is 1. The minimum atomic E-state index is -0.386. The molecule has 5 heteroatoms. The molecule has 0 heterocycles. The van der Waals surface area contributed by atoms with Crippen LogP contribution in [0, 0.1) is 10.1 Å². The van der Waals surface area contributed by atoms with Gasteiger partial charge in [-0.15, -0.1) is 11.8 Å². The van der Waals surface area contributed by atoms with Crippen molar-refractivity contribution >= 4 is 17.4 Å². The Kier molecular flexibility index (Phi) is 11.3. The van der Waals surface area contributed by atoms with Crippen LogP contribution in [0.25, 0.3) is 0 Å². The highest BCUT2D eigenvalue weighted by Crippen LogP contribution is 2.22. The lowest BCUT2D eigenvalue weighted by Crippen LogP contribution is -1.87. The fourth-order valence-electron chi connectivity index (χ4n) is 1.42. The lowest BCUT2D eigenvalue weighted by molar-refractivity contribution is -0.384. The minimum Gasteiger partial charge on any atom is -0.396 e. The van der Waals surface area contributed by atoms with Crippen LogP contribution in [0.2, 0.25) is 0 Å². The van der Waals surface area contributed by atoms with Crippen molar-refractivity contribution in [3.05, 3.63) is 34.4 Å². The second-order valence-electron chi connectivity index (χ2n) is 3.74. The van der Waals surface area contributed by atoms with Crippen molar-refractivity contribution in [1.82, 2.24) is 0 Å². The van der Waals surface area contributed by atoms with Gasteiger partial charge in [0, 0.05) is 23.6 Å². The van der Waals surface area contributed by atoms with Gasteiger partial charge in [0.25, 0.3) is 5.69 Å². The summed E-state index contributed by atoms with van der Waals surface area (Å²) < 4.78 is 0. The average Bonchev–Trinajstić information content (AvgIpc) is 2.45. The molecule has 0 spiro atoms. The maximum atomic E-state index is 10.5. The van der Waals surface area contributed by atoms with Crippen LogP contribution >= 0.6 is 11.8 Å². The third-order valence-electron chi connectivity index (χ3n) is 2.37. The van der Waals surface area contributed by atoms with Crippen LogP contribution in [-0.4, -0.2) is 22.4 Å². The fourth-order valence-corrected chi connectivity index (χ4v) is 2.33. The molecule has 0 bridgehead atoms. The summed E-state index contributed by atoms with van der Waals surface area (Å²) in [5.41, 5.74) is 0.136. The van der Waals surface area contributed by atoms with E-state index in [1.165, 1.54) is 12.1 Å². The van der Waals surface area contributed by atoms with Crippen LogP contribution in [0.3, 0.4) is 0 Å². The van der Waals surface area contributed by atoms with Gasteiger partial charge in [0.05, 0.1) is 4.92 Å². The number of hydrogen-bond donors (Lipinski definition) is 1. The smallest absolute Gasteiger partial charge is 0.269 e. The zero-order valence-corrected chi connectivity index (χ0v) is 12.5. The lowest BCUT2D eigenvalue weighted by atomic mass is 10.2. The Morgan fingerprint density at radius 2 is 1.68 bits per heavy atom. The number of aliphatic hydroxyl groups is 1. The first-order valence-electron chi connectivity index (χ1n) is 6.72. The van der Waals surface area contributed by atoms with Crippen LogP contribution in [0.15, 0.2) is 29.2 Å². The van der Waals surface area contributed by atoms with Crippen LogP contribution in [0.5, 0.6) is 0 Å². The molecule has 19 heavy (non-hydrogen) atoms. The maximum Gasteiger partial charge on any atom is 0.269 e. The van der Waals surface area contributed by atoms with Gasteiger partial charge in [0.1, 0.15) is 0 Å². The van der Waals surface area contributed by atoms with Crippen molar-refractivity contribution in [2.24, 2.45) is 0 Å². The molecule has 1 aromatic rings. The molecular weight excluding hydrogens is 262 g/mol. The van der Waals surface area contributed by atoms with E-state index in [0.29, 0.717) is 0 Å². The molecule has 0 radical (unpaired) electrons. The molecule has 108 valence electrons. The van der Waals surface area contributed by atoms with Gasteiger partial charge in [-0.05, 0) is 30.7 Å². The highest BCUT2D eigenvalue weighted by atomic mass is 32.2. The monoisotopic (exact) mass is 285 g/mol. The van der Waals surface area contributed by atoms with Crippen LogP contribution in [-0.2, 0) is 0 Å². The van der Waals surface area contributed by atoms with Crippen molar-refractivity contribution in [2.75, 3.05) is 12.4 Å². The highest BCUT2D eigenvalue weighted by Gasteiger charge is 2.03. The zero-order valence-electron chi connectivity index (χ0n) is 11.7. The van der Waals surface area contributed by atoms with Gasteiger partial charge in [0.15, 0.2) is 0 Å². The molecule has 0 aliphatic carbocycles. The molecule has 4 nitrogen and oxygen atoms in total. The lowest BCUT2D eigenvalue weighted by Gasteiger charge is -2.01.